The van der Waals surface area contributed by atoms with Gasteiger partial charge < -0.3 is 9.84 Å². The molecule has 0 amide bonds. The first-order valence-electron chi connectivity index (χ1n) is 3.78. The molecule has 1 saturated heterocycles. The van der Waals surface area contributed by atoms with Gasteiger partial charge >= 0.3 is 57.4 Å². The van der Waals surface area contributed by atoms with Gasteiger partial charge in [0.05, 0.1) is 6.61 Å². The molecule has 1 aromatic rings. The summed E-state index contributed by atoms with van der Waals surface area (Å²) < 4.78 is 17.4. The molecule has 5 heteroatoms. The monoisotopic (exact) mass is 222 g/mol. The van der Waals surface area contributed by atoms with E-state index in [2.05, 4.69) is 0 Å². The topological polar surface area (TPSA) is 49.8 Å². The van der Waals surface area contributed by atoms with E-state index in [1.807, 2.05) is 0 Å². The SMILES string of the molecule is O=C(O)C1(c2ccc(F)cc2)CO1.[KH]. The molecule has 3 nitrogen and oxygen atoms in total. The Hall–Kier alpha value is 0.216. The van der Waals surface area contributed by atoms with Crippen LogP contribution in [0.1, 0.15) is 5.56 Å². The molecule has 14 heavy (non-hydrogen) atoms. The van der Waals surface area contributed by atoms with Crippen LogP contribution in [0.2, 0.25) is 0 Å². The van der Waals surface area contributed by atoms with Gasteiger partial charge in [-0.05, 0) is 17.7 Å². The van der Waals surface area contributed by atoms with E-state index in [9.17, 15) is 9.18 Å². The van der Waals surface area contributed by atoms with Crippen molar-refractivity contribution in [3.63, 3.8) is 0 Å². The summed E-state index contributed by atoms with van der Waals surface area (Å²) in [7, 11) is 0. The molecular weight excluding hydrogens is 214 g/mol. The Morgan fingerprint density at radius 2 is 1.93 bits per heavy atom. The Morgan fingerprint density at radius 3 is 2.29 bits per heavy atom. The van der Waals surface area contributed by atoms with E-state index in [0.717, 1.165) is 0 Å². The molecule has 0 saturated carbocycles. The molecular formula is C9H8FKO3. The van der Waals surface area contributed by atoms with Crippen LogP contribution in [-0.4, -0.2) is 69.1 Å². The Kier molecular flexibility index (Phi) is 3.85. The molecule has 1 aromatic carbocycles. The molecule has 1 atom stereocenters. The van der Waals surface area contributed by atoms with E-state index >= 15 is 0 Å². The normalized spacial score (nSPS) is 23.8. The fourth-order valence-electron chi connectivity index (χ4n) is 1.20. The van der Waals surface area contributed by atoms with Crippen LogP contribution in [0.4, 0.5) is 4.39 Å². The van der Waals surface area contributed by atoms with Crippen LogP contribution in [0, 0.1) is 5.82 Å². The zero-order valence-electron chi connectivity index (χ0n) is 6.66. The Balaban J connectivity index is 0.000000980. The van der Waals surface area contributed by atoms with Gasteiger partial charge in [-0.25, -0.2) is 9.18 Å². The molecule has 0 aliphatic carbocycles. The Morgan fingerprint density at radius 1 is 1.43 bits per heavy atom. The van der Waals surface area contributed by atoms with Gasteiger partial charge in [-0.2, -0.15) is 0 Å². The van der Waals surface area contributed by atoms with Crippen LogP contribution >= 0.6 is 0 Å². The fourth-order valence-corrected chi connectivity index (χ4v) is 1.20. The van der Waals surface area contributed by atoms with Crippen LogP contribution in [0.5, 0.6) is 0 Å². The zero-order valence-corrected chi connectivity index (χ0v) is 6.66. The number of hydrogen-bond donors (Lipinski definition) is 1. The summed E-state index contributed by atoms with van der Waals surface area (Å²) in [5.74, 6) is -1.41. The number of ether oxygens (including phenoxy) is 1. The van der Waals surface area contributed by atoms with Crippen LogP contribution in [0.3, 0.4) is 0 Å². The predicted molar refractivity (Wildman–Crippen MR) is 48.8 cm³/mol. The van der Waals surface area contributed by atoms with Gasteiger partial charge in [0.2, 0.25) is 5.60 Å². The summed E-state index contributed by atoms with van der Waals surface area (Å²) in [5, 5.41) is 8.81. The zero-order chi connectivity index (χ0) is 9.47. The molecule has 1 unspecified atom stereocenters. The molecule has 1 fully saturated rings. The maximum absolute atomic E-state index is 12.5. The number of halogens is 1. The second-order valence-electron chi connectivity index (χ2n) is 2.93. The Labute approximate surface area is 123 Å². The van der Waals surface area contributed by atoms with Gasteiger partial charge in [-0.1, -0.05) is 12.1 Å². The van der Waals surface area contributed by atoms with Crippen LogP contribution in [-0.2, 0) is 15.1 Å². The number of aliphatic carboxylic acids is 1. The minimum absolute atomic E-state index is 0. The second kappa shape index (κ2) is 4.38. The van der Waals surface area contributed by atoms with Crippen molar-refractivity contribution in [1.82, 2.24) is 0 Å². The third kappa shape index (κ3) is 2.07. The van der Waals surface area contributed by atoms with Crippen molar-refractivity contribution in [2.75, 3.05) is 6.61 Å². The van der Waals surface area contributed by atoms with E-state index < -0.39 is 11.6 Å². The summed E-state index contributed by atoms with van der Waals surface area (Å²) in [6, 6.07) is 5.30. The molecule has 1 aliphatic heterocycles. The maximum atomic E-state index is 12.5. The summed E-state index contributed by atoms with van der Waals surface area (Å²) in [4.78, 5) is 10.8. The second-order valence-corrected chi connectivity index (χ2v) is 2.93. The van der Waals surface area contributed by atoms with E-state index in [4.69, 9.17) is 9.84 Å². The summed E-state index contributed by atoms with van der Waals surface area (Å²) in [6.45, 7) is 0.161. The van der Waals surface area contributed by atoms with Gasteiger partial charge in [-0.3, -0.25) is 0 Å². The number of carboxylic acids is 1. The van der Waals surface area contributed by atoms with Crippen molar-refractivity contribution in [2.45, 2.75) is 5.60 Å². The number of benzene rings is 1. The minimum atomic E-state index is -1.21. The Bertz CT molecular complexity index is 346. The molecule has 0 aromatic heterocycles. The molecule has 70 valence electrons. The van der Waals surface area contributed by atoms with Gasteiger partial charge in [0.15, 0.2) is 0 Å². The van der Waals surface area contributed by atoms with Crippen molar-refractivity contribution < 1.29 is 19.0 Å². The summed E-state index contributed by atoms with van der Waals surface area (Å²) >= 11 is 0. The van der Waals surface area contributed by atoms with E-state index in [0.29, 0.717) is 5.56 Å². The van der Waals surface area contributed by atoms with Gasteiger partial charge in [0, 0.05) is 0 Å². The first-order chi connectivity index (χ1) is 6.15. The van der Waals surface area contributed by atoms with Crippen LogP contribution in [0.25, 0.3) is 0 Å². The molecule has 1 heterocycles. The van der Waals surface area contributed by atoms with Crippen LogP contribution < -0.4 is 0 Å². The average molecular weight is 222 g/mol. The summed E-state index contributed by atoms with van der Waals surface area (Å²) in [6.07, 6.45) is 0. The van der Waals surface area contributed by atoms with Crippen molar-refractivity contribution >= 4 is 57.4 Å². The molecule has 0 radical (unpaired) electrons. The van der Waals surface area contributed by atoms with Crippen molar-refractivity contribution in [3.8, 4) is 0 Å². The van der Waals surface area contributed by atoms with Crippen molar-refractivity contribution in [2.24, 2.45) is 0 Å². The van der Waals surface area contributed by atoms with Gasteiger partial charge in [0.1, 0.15) is 5.82 Å². The third-order valence-corrected chi connectivity index (χ3v) is 2.09. The molecule has 0 spiro atoms. The van der Waals surface area contributed by atoms with Crippen molar-refractivity contribution in [1.29, 1.82) is 0 Å². The number of rotatable bonds is 2. The number of hydrogen-bond acceptors (Lipinski definition) is 2. The molecule has 2 rings (SSSR count). The van der Waals surface area contributed by atoms with E-state index in [1.54, 1.807) is 0 Å². The molecule has 1 aliphatic rings. The predicted octanol–water partition coefficient (Wildman–Crippen LogP) is 0.487. The van der Waals surface area contributed by atoms with Crippen molar-refractivity contribution in [3.05, 3.63) is 35.6 Å². The fraction of sp³-hybridized carbons (Fsp3) is 0.222. The van der Waals surface area contributed by atoms with Gasteiger partial charge in [0.25, 0.3) is 0 Å². The van der Waals surface area contributed by atoms with E-state index in [1.165, 1.54) is 24.3 Å². The first kappa shape index (κ1) is 12.3. The van der Waals surface area contributed by atoms with Crippen LogP contribution in [0.15, 0.2) is 24.3 Å². The van der Waals surface area contributed by atoms with E-state index in [-0.39, 0.29) is 63.8 Å². The quantitative estimate of drug-likeness (QED) is 0.585. The van der Waals surface area contributed by atoms with Gasteiger partial charge in [-0.15, -0.1) is 0 Å². The standard InChI is InChI=1S/C9H7FO3.K.H/c10-7-3-1-6(2-4-7)9(5-13-9)8(11)12;;/h1-4H,5H2,(H,11,12);;. The number of carboxylic acid groups (broad SMARTS) is 1. The third-order valence-electron chi connectivity index (χ3n) is 2.09. The average Bonchev–Trinajstić information content (AvgIpc) is 2.86. The number of epoxide rings is 1. The number of carbonyl (C=O) groups is 1. The molecule has 0 bridgehead atoms. The molecule has 1 N–H and O–H groups in total. The summed E-state index contributed by atoms with van der Waals surface area (Å²) in [5.41, 5.74) is -0.727. The first-order valence-corrected chi connectivity index (χ1v) is 3.78.